The van der Waals surface area contributed by atoms with Gasteiger partial charge in [-0.05, 0) is 32.9 Å². The van der Waals surface area contributed by atoms with Gasteiger partial charge in [0.25, 0.3) is 5.56 Å². The molecular formula is C24H31N6O9P. The number of aromatic nitrogens is 4. The summed E-state index contributed by atoms with van der Waals surface area (Å²) < 4.78 is 44.2. The number of carbonyl (C=O) groups is 1. The van der Waals surface area contributed by atoms with Gasteiger partial charge in [0.15, 0.2) is 17.4 Å². The zero-order chi connectivity index (χ0) is 28.7. The van der Waals surface area contributed by atoms with E-state index in [-0.39, 0.29) is 48.5 Å². The molecule has 3 aromatic rings. The Labute approximate surface area is 228 Å². The van der Waals surface area contributed by atoms with Gasteiger partial charge in [-0.2, -0.15) is 4.98 Å². The van der Waals surface area contributed by atoms with Crippen molar-refractivity contribution in [2.75, 3.05) is 25.2 Å². The van der Waals surface area contributed by atoms with Crippen LogP contribution in [-0.2, 0) is 28.1 Å². The maximum Gasteiger partial charge on any atom is 0.393 e. The van der Waals surface area contributed by atoms with Crippen LogP contribution in [0.3, 0.4) is 0 Å². The highest BCUT2D eigenvalue weighted by atomic mass is 31.2. The van der Waals surface area contributed by atoms with Gasteiger partial charge in [0.05, 0.1) is 25.6 Å². The van der Waals surface area contributed by atoms with Crippen molar-refractivity contribution in [3.05, 3.63) is 47.0 Å². The first-order chi connectivity index (χ1) is 19.0. The fourth-order valence-electron chi connectivity index (χ4n) is 4.49. The minimum absolute atomic E-state index is 0.0392. The zero-order valence-electron chi connectivity index (χ0n) is 22.1. The number of nitrogen functional groups attached to an aromatic ring is 1. The van der Waals surface area contributed by atoms with E-state index in [9.17, 15) is 19.3 Å². The molecule has 0 radical (unpaired) electrons. The number of fused-ring (bicyclic) bond motifs is 3. The first kappa shape index (κ1) is 28.2. The molecule has 2 bridgehead atoms. The Balaban J connectivity index is 1.34. The molecule has 0 amide bonds. The lowest BCUT2D eigenvalue weighted by molar-refractivity contribution is -0.183. The number of nitrogens with two attached hydrogens (primary N) is 1. The maximum absolute atomic E-state index is 13.9. The van der Waals surface area contributed by atoms with Crippen LogP contribution in [-0.4, -0.2) is 80.0 Å². The van der Waals surface area contributed by atoms with Crippen LogP contribution in [0.4, 0.5) is 5.95 Å². The minimum atomic E-state index is -3.98. The molecule has 40 heavy (non-hydrogen) atoms. The van der Waals surface area contributed by atoms with E-state index in [2.05, 4.69) is 20.3 Å². The third-order valence-electron chi connectivity index (χ3n) is 6.52. The highest BCUT2D eigenvalue weighted by molar-refractivity contribution is 7.54. The Morgan fingerprint density at radius 2 is 2.10 bits per heavy atom. The molecule has 216 valence electrons. The van der Waals surface area contributed by atoms with Crippen molar-refractivity contribution < 1.29 is 37.7 Å². The van der Waals surface area contributed by atoms with Crippen molar-refractivity contribution in [3.8, 4) is 5.75 Å². The molecule has 6 atom stereocenters. The second kappa shape index (κ2) is 10.9. The lowest BCUT2D eigenvalue weighted by Crippen LogP contribution is -2.45. The molecule has 2 aliphatic heterocycles. The van der Waals surface area contributed by atoms with E-state index in [4.69, 9.17) is 29.0 Å². The second-order valence-electron chi connectivity index (χ2n) is 9.93. The molecule has 0 aliphatic carbocycles. The summed E-state index contributed by atoms with van der Waals surface area (Å²) in [5, 5.41) is 14.0. The monoisotopic (exact) mass is 578 g/mol. The summed E-state index contributed by atoms with van der Waals surface area (Å²) in [5.74, 6) is -0.350. The Bertz CT molecular complexity index is 1480. The number of benzene rings is 1. The maximum atomic E-state index is 13.9. The SMILES string of the molecule is CC(C)OC(=O)[C@H](C)NC[P@@](=O)(OC[C@@]12CO[C@@H](C(n3cnc4c(=O)[nH]c(N)nc43)O1)[C@@H]2O)Oc1ccccc1. The fraction of sp³-hybridized carbons (Fsp3) is 0.500. The lowest BCUT2D eigenvalue weighted by Gasteiger charge is -2.32. The number of anilines is 1. The molecule has 2 saturated heterocycles. The van der Waals surface area contributed by atoms with E-state index >= 15 is 0 Å². The normalized spacial score (nSPS) is 26.2. The summed E-state index contributed by atoms with van der Waals surface area (Å²) >= 11 is 0. The number of nitrogens with one attached hydrogen (secondary N) is 2. The summed E-state index contributed by atoms with van der Waals surface area (Å²) in [6, 6.07) is 7.61. The molecule has 5 rings (SSSR count). The van der Waals surface area contributed by atoms with Gasteiger partial charge < -0.3 is 29.6 Å². The number of ether oxygens (including phenoxy) is 3. The molecule has 0 spiro atoms. The van der Waals surface area contributed by atoms with Gasteiger partial charge in [-0.25, -0.2) is 9.55 Å². The van der Waals surface area contributed by atoms with E-state index < -0.39 is 49.2 Å². The molecule has 1 unspecified atom stereocenters. The Hall–Kier alpha value is -3.33. The number of hydrogen-bond donors (Lipinski definition) is 4. The predicted molar refractivity (Wildman–Crippen MR) is 140 cm³/mol. The predicted octanol–water partition coefficient (Wildman–Crippen LogP) is 0.905. The molecule has 4 heterocycles. The third-order valence-corrected chi connectivity index (χ3v) is 8.10. The van der Waals surface area contributed by atoms with Crippen LogP contribution in [0.25, 0.3) is 11.2 Å². The van der Waals surface area contributed by atoms with Gasteiger partial charge in [-0.1, -0.05) is 18.2 Å². The average Bonchev–Trinajstić information content (AvgIpc) is 3.55. The van der Waals surface area contributed by atoms with Gasteiger partial charge in [0.2, 0.25) is 5.95 Å². The molecule has 0 saturated carbocycles. The number of rotatable bonds is 11. The summed E-state index contributed by atoms with van der Waals surface area (Å²) in [5.41, 5.74) is 3.94. The van der Waals surface area contributed by atoms with Crippen LogP contribution in [0, 0.1) is 0 Å². The van der Waals surface area contributed by atoms with Crippen molar-refractivity contribution in [1.82, 2.24) is 24.8 Å². The van der Waals surface area contributed by atoms with Gasteiger partial charge in [0.1, 0.15) is 35.9 Å². The van der Waals surface area contributed by atoms with Gasteiger partial charge in [-0.15, -0.1) is 0 Å². The van der Waals surface area contributed by atoms with E-state index in [1.54, 1.807) is 51.1 Å². The van der Waals surface area contributed by atoms with Crippen molar-refractivity contribution in [3.63, 3.8) is 0 Å². The van der Waals surface area contributed by atoms with E-state index in [1.165, 1.54) is 10.9 Å². The van der Waals surface area contributed by atoms with Crippen molar-refractivity contribution >= 4 is 30.7 Å². The van der Waals surface area contributed by atoms with Crippen LogP contribution >= 0.6 is 7.60 Å². The zero-order valence-corrected chi connectivity index (χ0v) is 22.9. The quantitative estimate of drug-likeness (QED) is 0.185. The number of para-hydroxylation sites is 1. The lowest BCUT2D eigenvalue weighted by atomic mass is 10.0. The number of carbonyl (C=O) groups excluding carboxylic acids is 1. The Morgan fingerprint density at radius 3 is 2.83 bits per heavy atom. The Morgan fingerprint density at radius 1 is 1.35 bits per heavy atom. The van der Waals surface area contributed by atoms with Crippen LogP contribution < -0.4 is 21.1 Å². The molecule has 2 aliphatic rings. The number of H-pyrrole nitrogens is 1. The van der Waals surface area contributed by atoms with Crippen LogP contribution in [0.5, 0.6) is 5.75 Å². The fourth-order valence-corrected chi connectivity index (χ4v) is 6.05. The highest BCUT2D eigenvalue weighted by Gasteiger charge is 2.62. The molecule has 5 N–H and O–H groups in total. The number of esters is 1. The molecule has 16 heteroatoms. The molecule has 2 fully saturated rings. The van der Waals surface area contributed by atoms with Crippen LogP contribution in [0.1, 0.15) is 27.0 Å². The number of aromatic amines is 1. The number of aliphatic hydroxyl groups is 1. The van der Waals surface area contributed by atoms with E-state index in [0.717, 1.165) is 0 Å². The van der Waals surface area contributed by atoms with Gasteiger partial charge in [-0.3, -0.25) is 29.0 Å². The minimum Gasteiger partial charge on any atom is -0.462 e. The number of hydrogen-bond acceptors (Lipinski definition) is 13. The molecular weight excluding hydrogens is 547 g/mol. The first-order valence-corrected chi connectivity index (χ1v) is 14.3. The summed E-state index contributed by atoms with van der Waals surface area (Å²) in [7, 11) is -3.98. The topological polar surface area (TPSA) is 202 Å². The van der Waals surface area contributed by atoms with Crippen LogP contribution in [0.2, 0.25) is 0 Å². The van der Waals surface area contributed by atoms with Crippen molar-refractivity contribution in [1.29, 1.82) is 0 Å². The van der Waals surface area contributed by atoms with Crippen molar-refractivity contribution in [2.24, 2.45) is 0 Å². The van der Waals surface area contributed by atoms with E-state index in [0.29, 0.717) is 0 Å². The molecule has 15 nitrogen and oxygen atoms in total. The van der Waals surface area contributed by atoms with Crippen molar-refractivity contribution in [2.45, 2.75) is 57.0 Å². The standard InChI is InChI=1S/C24H31N6O9P/c1-13(2)37-22(33)14(3)27-12-40(34,39-15-7-5-4-6-8-15)36-10-24-9-35-17(18(24)31)21(38-24)30-11-26-16-19(30)28-23(25)29-20(16)32/h4-8,11,13-14,17-18,21,27,31H,9-10,12H2,1-3H3,(H3,25,28,29,32)/t14-,17+,18-,21?,24+,40+/m0/s1. The van der Waals surface area contributed by atoms with Gasteiger partial charge in [0, 0.05) is 0 Å². The number of nitrogens with zero attached hydrogens (tertiary/aromatic N) is 3. The largest absolute Gasteiger partial charge is 0.462 e. The van der Waals surface area contributed by atoms with E-state index in [1.807, 2.05) is 0 Å². The smallest absolute Gasteiger partial charge is 0.393 e. The highest BCUT2D eigenvalue weighted by Crippen LogP contribution is 2.52. The summed E-state index contributed by atoms with van der Waals surface area (Å²) in [4.78, 5) is 35.1. The number of imidazole rings is 1. The molecule has 2 aromatic heterocycles. The summed E-state index contributed by atoms with van der Waals surface area (Å²) in [6.07, 6.45) is -2.29. The first-order valence-electron chi connectivity index (χ1n) is 12.6. The average molecular weight is 579 g/mol. The molecule has 1 aromatic carbocycles. The Kier molecular flexibility index (Phi) is 7.70. The van der Waals surface area contributed by atoms with Gasteiger partial charge >= 0.3 is 13.6 Å². The third kappa shape index (κ3) is 5.48. The second-order valence-corrected chi connectivity index (χ2v) is 11.9. The van der Waals surface area contributed by atoms with Crippen LogP contribution in [0.15, 0.2) is 41.5 Å². The summed E-state index contributed by atoms with van der Waals surface area (Å²) in [6.45, 7) is 4.59. The number of aliphatic hydroxyl groups excluding tert-OH is 1.